The highest BCUT2D eigenvalue weighted by molar-refractivity contribution is 5.67. The molecule has 2 aromatic rings. The van der Waals surface area contributed by atoms with Crippen molar-refractivity contribution in [3.05, 3.63) is 36.7 Å². The monoisotopic (exact) mass is 241 g/mol. The van der Waals surface area contributed by atoms with Crippen molar-refractivity contribution in [3.8, 4) is 11.1 Å². The number of benzene rings is 1. The van der Waals surface area contributed by atoms with E-state index in [2.05, 4.69) is 47.4 Å². The number of nitrogens with zero attached hydrogens (tertiary/aromatic N) is 3. The smallest absolute Gasteiger partial charge is 0.0568 e. The summed E-state index contributed by atoms with van der Waals surface area (Å²) in [4.78, 5) is 2.48. The van der Waals surface area contributed by atoms with Crippen molar-refractivity contribution in [3.63, 3.8) is 0 Å². The van der Waals surface area contributed by atoms with Crippen molar-refractivity contribution in [2.24, 2.45) is 13.0 Å². The van der Waals surface area contributed by atoms with E-state index in [9.17, 15) is 0 Å². The van der Waals surface area contributed by atoms with Crippen molar-refractivity contribution in [2.45, 2.75) is 13.3 Å². The Kier molecular flexibility index (Phi) is 2.82. The standard InChI is InChI=1S/C15H19N3/c1-12-6-7-18(10-12)15-5-3-4-13(8-15)14-9-16-17(2)11-14/h3-5,8-9,11-12H,6-7,10H2,1-2H3. The van der Waals surface area contributed by atoms with Gasteiger partial charge in [0, 0.05) is 37.6 Å². The fourth-order valence-electron chi connectivity index (χ4n) is 2.62. The molecular formula is C15H19N3. The number of hydrogen-bond donors (Lipinski definition) is 0. The Hall–Kier alpha value is -1.77. The van der Waals surface area contributed by atoms with Crippen LogP contribution in [-0.2, 0) is 7.05 Å². The Morgan fingerprint density at radius 3 is 2.83 bits per heavy atom. The van der Waals surface area contributed by atoms with Gasteiger partial charge >= 0.3 is 0 Å². The third kappa shape index (κ3) is 2.13. The van der Waals surface area contributed by atoms with Gasteiger partial charge in [0.15, 0.2) is 0 Å². The summed E-state index contributed by atoms with van der Waals surface area (Å²) in [5.74, 6) is 0.812. The lowest BCUT2D eigenvalue weighted by Gasteiger charge is -2.18. The first kappa shape index (κ1) is 11.3. The minimum atomic E-state index is 0.812. The van der Waals surface area contributed by atoms with Crippen molar-refractivity contribution >= 4 is 5.69 Å². The average molecular weight is 241 g/mol. The molecule has 18 heavy (non-hydrogen) atoms. The number of anilines is 1. The second-order valence-corrected chi connectivity index (χ2v) is 5.29. The van der Waals surface area contributed by atoms with Crippen LogP contribution < -0.4 is 4.90 Å². The predicted molar refractivity (Wildman–Crippen MR) is 74.6 cm³/mol. The zero-order valence-electron chi connectivity index (χ0n) is 11.0. The van der Waals surface area contributed by atoms with Crippen LogP contribution in [0.3, 0.4) is 0 Å². The molecule has 3 nitrogen and oxygen atoms in total. The zero-order chi connectivity index (χ0) is 12.5. The van der Waals surface area contributed by atoms with Gasteiger partial charge in [0.2, 0.25) is 0 Å². The van der Waals surface area contributed by atoms with Gasteiger partial charge in [-0.15, -0.1) is 0 Å². The summed E-state index contributed by atoms with van der Waals surface area (Å²) in [6, 6.07) is 8.77. The summed E-state index contributed by atoms with van der Waals surface area (Å²) < 4.78 is 1.85. The van der Waals surface area contributed by atoms with E-state index in [0.717, 1.165) is 5.92 Å². The number of hydrogen-bond acceptors (Lipinski definition) is 2. The lowest BCUT2D eigenvalue weighted by atomic mass is 10.1. The molecule has 1 unspecified atom stereocenters. The maximum Gasteiger partial charge on any atom is 0.0568 e. The first-order chi connectivity index (χ1) is 8.72. The Morgan fingerprint density at radius 2 is 2.17 bits per heavy atom. The van der Waals surface area contributed by atoms with Crippen LogP contribution in [0.5, 0.6) is 0 Å². The first-order valence-corrected chi connectivity index (χ1v) is 6.56. The molecular weight excluding hydrogens is 222 g/mol. The molecule has 0 aliphatic carbocycles. The molecule has 2 heterocycles. The van der Waals surface area contributed by atoms with E-state index >= 15 is 0 Å². The van der Waals surface area contributed by atoms with E-state index in [-0.39, 0.29) is 0 Å². The van der Waals surface area contributed by atoms with E-state index in [0.29, 0.717) is 0 Å². The van der Waals surface area contributed by atoms with Crippen LogP contribution in [0.2, 0.25) is 0 Å². The fourth-order valence-corrected chi connectivity index (χ4v) is 2.62. The van der Waals surface area contributed by atoms with Gasteiger partial charge in [-0.05, 0) is 30.0 Å². The Morgan fingerprint density at radius 1 is 1.28 bits per heavy atom. The van der Waals surface area contributed by atoms with Crippen molar-refractivity contribution < 1.29 is 0 Å². The Bertz CT molecular complexity index is 544. The maximum atomic E-state index is 4.24. The molecule has 0 bridgehead atoms. The maximum absolute atomic E-state index is 4.24. The second-order valence-electron chi connectivity index (χ2n) is 5.29. The minimum absolute atomic E-state index is 0.812. The van der Waals surface area contributed by atoms with Crippen LogP contribution in [0.1, 0.15) is 13.3 Å². The average Bonchev–Trinajstić information content (AvgIpc) is 2.98. The molecule has 0 spiro atoms. The number of aryl methyl sites for hydroxylation is 1. The van der Waals surface area contributed by atoms with Crippen molar-refractivity contribution in [1.29, 1.82) is 0 Å². The summed E-state index contributed by atoms with van der Waals surface area (Å²) in [5, 5.41) is 4.24. The lowest BCUT2D eigenvalue weighted by Crippen LogP contribution is -2.18. The van der Waals surface area contributed by atoms with Gasteiger partial charge in [-0.1, -0.05) is 19.1 Å². The van der Waals surface area contributed by atoms with Gasteiger partial charge in [0.1, 0.15) is 0 Å². The quantitative estimate of drug-likeness (QED) is 0.806. The summed E-state index contributed by atoms with van der Waals surface area (Å²) in [6.07, 6.45) is 5.29. The molecule has 1 fully saturated rings. The van der Waals surface area contributed by atoms with Crippen LogP contribution in [0.15, 0.2) is 36.7 Å². The van der Waals surface area contributed by atoms with Crippen LogP contribution in [0, 0.1) is 5.92 Å². The SMILES string of the molecule is CC1CCN(c2cccc(-c3cnn(C)c3)c2)C1. The molecule has 0 N–H and O–H groups in total. The molecule has 1 saturated heterocycles. The molecule has 3 rings (SSSR count). The van der Waals surface area contributed by atoms with E-state index in [1.165, 1.54) is 36.3 Å². The normalized spacial score (nSPS) is 19.4. The molecule has 1 atom stereocenters. The third-order valence-electron chi connectivity index (χ3n) is 3.67. The molecule has 1 aliphatic rings. The molecule has 94 valence electrons. The van der Waals surface area contributed by atoms with E-state index in [4.69, 9.17) is 0 Å². The zero-order valence-corrected chi connectivity index (χ0v) is 11.0. The third-order valence-corrected chi connectivity index (χ3v) is 3.67. The van der Waals surface area contributed by atoms with Gasteiger partial charge in [0.25, 0.3) is 0 Å². The Labute approximate surface area is 108 Å². The first-order valence-electron chi connectivity index (χ1n) is 6.56. The highest BCUT2D eigenvalue weighted by atomic mass is 15.2. The van der Waals surface area contributed by atoms with Gasteiger partial charge in [-0.25, -0.2) is 0 Å². The number of aromatic nitrogens is 2. The van der Waals surface area contributed by atoms with Gasteiger partial charge in [-0.3, -0.25) is 4.68 Å². The molecule has 1 aliphatic heterocycles. The van der Waals surface area contributed by atoms with E-state index in [1.807, 2.05) is 17.9 Å². The summed E-state index contributed by atoms with van der Waals surface area (Å²) >= 11 is 0. The topological polar surface area (TPSA) is 21.1 Å². The largest absolute Gasteiger partial charge is 0.371 e. The summed E-state index contributed by atoms with van der Waals surface area (Å²) in [5.41, 5.74) is 3.77. The molecule has 1 aromatic heterocycles. The van der Waals surface area contributed by atoms with Crippen LogP contribution >= 0.6 is 0 Å². The lowest BCUT2D eigenvalue weighted by molar-refractivity contribution is 0.659. The van der Waals surface area contributed by atoms with E-state index < -0.39 is 0 Å². The molecule has 0 saturated carbocycles. The fraction of sp³-hybridized carbons (Fsp3) is 0.400. The van der Waals surface area contributed by atoms with E-state index in [1.54, 1.807) is 0 Å². The Balaban J connectivity index is 1.89. The van der Waals surface area contributed by atoms with Crippen LogP contribution in [-0.4, -0.2) is 22.9 Å². The molecule has 1 aromatic carbocycles. The van der Waals surface area contributed by atoms with Gasteiger partial charge in [-0.2, -0.15) is 5.10 Å². The summed E-state index contributed by atoms with van der Waals surface area (Å²) in [7, 11) is 1.95. The second kappa shape index (κ2) is 4.48. The predicted octanol–water partition coefficient (Wildman–Crippen LogP) is 2.93. The number of rotatable bonds is 2. The highest BCUT2D eigenvalue weighted by Crippen LogP contribution is 2.28. The molecule has 0 amide bonds. The van der Waals surface area contributed by atoms with Gasteiger partial charge in [0.05, 0.1) is 6.20 Å². The minimum Gasteiger partial charge on any atom is -0.371 e. The van der Waals surface area contributed by atoms with Crippen molar-refractivity contribution in [1.82, 2.24) is 9.78 Å². The van der Waals surface area contributed by atoms with Gasteiger partial charge < -0.3 is 4.90 Å². The summed E-state index contributed by atoms with van der Waals surface area (Å²) in [6.45, 7) is 4.68. The highest BCUT2D eigenvalue weighted by Gasteiger charge is 2.19. The van der Waals surface area contributed by atoms with Crippen LogP contribution in [0.25, 0.3) is 11.1 Å². The molecule has 3 heteroatoms. The van der Waals surface area contributed by atoms with Crippen molar-refractivity contribution in [2.75, 3.05) is 18.0 Å². The molecule has 0 radical (unpaired) electrons. The van der Waals surface area contributed by atoms with Crippen LogP contribution in [0.4, 0.5) is 5.69 Å².